The predicted molar refractivity (Wildman–Crippen MR) is 87.5 cm³/mol. The van der Waals surface area contributed by atoms with Gasteiger partial charge in [0.1, 0.15) is 0 Å². The average Bonchev–Trinajstić information content (AvgIpc) is 2.54. The summed E-state index contributed by atoms with van der Waals surface area (Å²) in [5.41, 5.74) is 4.00. The second kappa shape index (κ2) is 5.85. The molecular weight excluding hydrogens is 276 g/mol. The third-order valence-corrected chi connectivity index (χ3v) is 3.41. The van der Waals surface area contributed by atoms with E-state index >= 15 is 0 Å². The molecule has 1 N–H and O–H groups in total. The molecule has 0 fully saturated rings. The van der Waals surface area contributed by atoms with E-state index in [-0.39, 0.29) is 5.69 Å². The van der Waals surface area contributed by atoms with E-state index in [0.29, 0.717) is 0 Å². The number of hydrogen-bond donors (Lipinski definition) is 1. The van der Waals surface area contributed by atoms with Gasteiger partial charge in [-0.25, -0.2) is 9.78 Å². The molecule has 0 atom stereocenters. The van der Waals surface area contributed by atoms with E-state index in [0.717, 1.165) is 27.8 Å². The number of benzene rings is 2. The van der Waals surface area contributed by atoms with Gasteiger partial charge in [0, 0.05) is 11.1 Å². The molecule has 22 heavy (non-hydrogen) atoms. The lowest BCUT2D eigenvalue weighted by Crippen LogP contribution is -2.05. The van der Waals surface area contributed by atoms with Gasteiger partial charge in [0.05, 0.1) is 18.3 Å². The van der Waals surface area contributed by atoms with Gasteiger partial charge in [-0.3, -0.25) is 0 Å². The van der Waals surface area contributed by atoms with Crippen molar-refractivity contribution in [3.63, 3.8) is 0 Å². The van der Waals surface area contributed by atoms with Crippen LogP contribution in [-0.4, -0.2) is 18.1 Å². The standard InChI is InChI=1S/C18H16N2O2/c1-12-6-5-7-13(10-12)19-16-11-17(18(21)22-2)20-15-9-4-3-8-14(15)16/h3-11H,1-2H3,(H,19,20). The number of aromatic nitrogens is 1. The van der Waals surface area contributed by atoms with Gasteiger partial charge in [-0.05, 0) is 36.8 Å². The van der Waals surface area contributed by atoms with Crippen LogP contribution < -0.4 is 5.32 Å². The first-order valence-corrected chi connectivity index (χ1v) is 6.99. The zero-order chi connectivity index (χ0) is 15.5. The number of para-hydroxylation sites is 1. The lowest BCUT2D eigenvalue weighted by Gasteiger charge is -2.11. The van der Waals surface area contributed by atoms with Crippen molar-refractivity contribution in [2.45, 2.75) is 6.92 Å². The smallest absolute Gasteiger partial charge is 0.356 e. The lowest BCUT2D eigenvalue weighted by molar-refractivity contribution is 0.0594. The van der Waals surface area contributed by atoms with Gasteiger partial charge < -0.3 is 10.1 Å². The zero-order valence-corrected chi connectivity index (χ0v) is 12.5. The second-order valence-electron chi connectivity index (χ2n) is 5.06. The molecule has 0 saturated heterocycles. The van der Waals surface area contributed by atoms with Crippen molar-refractivity contribution < 1.29 is 9.53 Å². The Morgan fingerprint density at radius 1 is 1.09 bits per heavy atom. The normalized spacial score (nSPS) is 10.5. The fourth-order valence-corrected chi connectivity index (χ4v) is 2.37. The first-order chi connectivity index (χ1) is 10.7. The van der Waals surface area contributed by atoms with Gasteiger partial charge in [-0.15, -0.1) is 0 Å². The summed E-state index contributed by atoms with van der Waals surface area (Å²) in [4.78, 5) is 16.2. The van der Waals surface area contributed by atoms with Crippen LogP contribution in [0.25, 0.3) is 10.9 Å². The Morgan fingerprint density at radius 3 is 2.68 bits per heavy atom. The molecule has 2 aromatic carbocycles. The summed E-state index contributed by atoms with van der Waals surface area (Å²) >= 11 is 0. The molecule has 1 heterocycles. The monoisotopic (exact) mass is 292 g/mol. The number of methoxy groups -OCH3 is 1. The minimum Gasteiger partial charge on any atom is -0.464 e. The van der Waals surface area contributed by atoms with E-state index in [9.17, 15) is 4.79 Å². The molecule has 4 heteroatoms. The number of aryl methyl sites for hydroxylation is 1. The number of carbonyl (C=O) groups is 1. The fraction of sp³-hybridized carbons (Fsp3) is 0.111. The Kier molecular flexibility index (Phi) is 3.74. The molecule has 0 aliphatic heterocycles. The van der Waals surface area contributed by atoms with E-state index in [1.54, 1.807) is 6.07 Å². The summed E-state index contributed by atoms with van der Waals surface area (Å²) in [5, 5.41) is 4.31. The maximum atomic E-state index is 11.8. The molecule has 0 radical (unpaired) electrons. The Morgan fingerprint density at radius 2 is 1.91 bits per heavy atom. The topological polar surface area (TPSA) is 51.2 Å². The quantitative estimate of drug-likeness (QED) is 0.739. The van der Waals surface area contributed by atoms with E-state index in [1.807, 2.05) is 55.5 Å². The molecule has 0 bridgehead atoms. The third kappa shape index (κ3) is 2.76. The minimum atomic E-state index is -0.446. The van der Waals surface area contributed by atoms with Crippen LogP contribution in [-0.2, 0) is 4.74 Å². The van der Waals surface area contributed by atoms with Crippen LogP contribution in [0.1, 0.15) is 16.1 Å². The number of pyridine rings is 1. The largest absolute Gasteiger partial charge is 0.464 e. The highest BCUT2D eigenvalue weighted by molar-refractivity contribution is 5.98. The molecule has 0 amide bonds. The van der Waals surface area contributed by atoms with Crippen molar-refractivity contribution >= 4 is 28.2 Å². The van der Waals surface area contributed by atoms with Gasteiger partial charge in [0.2, 0.25) is 0 Å². The molecule has 0 saturated carbocycles. The van der Waals surface area contributed by atoms with Crippen molar-refractivity contribution in [1.29, 1.82) is 0 Å². The third-order valence-electron chi connectivity index (χ3n) is 3.41. The maximum absolute atomic E-state index is 11.8. The first kappa shape index (κ1) is 14.1. The average molecular weight is 292 g/mol. The van der Waals surface area contributed by atoms with E-state index in [2.05, 4.69) is 10.3 Å². The van der Waals surface area contributed by atoms with Gasteiger partial charge in [0.25, 0.3) is 0 Å². The van der Waals surface area contributed by atoms with Gasteiger partial charge in [0.15, 0.2) is 5.69 Å². The second-order valence-corrected chi connectivity index (χ2v) is 5.06. The van der Waals surface area contributed by atoms with Crippen molar-refractivity contribution in [3.8, 4) is 0 Å². The molecule has 0 spiro atoms. The minimum absolute atomic E-state index is 0.288. The van der Waals surface area contributed by atoms with Crippen LogP contribution in [0.5, 0.6) is 0 Å². The Balaban J connectivity index is 2.12. The Labute approximate surface area is 128 Å². The van der Waals surface area contributed by atoms with E-state index in [1.165, 1.54) is 7.11 Å². The molecular formula is C18H16N2O2. The molecule has 4 nitrogen and oxygen atoms in total. The highest BCUT2D eigenvalue weighted by atomic mass is 16.5. The summed E-state index contributed by atoms with van der Waals surface area (Å²) in [6, 6.07) is 17.5. The Hall–Kier alpha value is -2.88. The number of rotatable bonds is 3. The number of esters is 1. The number of nitrogens with zero attached hydrogens (tertiary/aromatic N) is 1. The van der Waals surface area contributed by atoms with Crippen molar-refractivity contribution in [3.05, 3.63) is 65.9 Å². The number of anilines is 2. The summed E-state index contributed by atoms with van der Waals surface area (Å²) < 4.78 is 4.78. The van der Waals surface area contributed by atoms with Crippen molar-refractivity contribution in [1.82, 2.24) is 4.98 Å². The van der Waals surface area contributed by atoms with Crippen LogP contribution >= 0.6 is 0 Å². The number of carbonyl (C=O) groups excluding carboxylic acids is 1. The molecule has 0 aliphatic rings. The van der Waals surface area contributed by atoms with Crippen LogP contribution in [0.15, 0.2) is 54.6 Å². The fourth-order valence-electron chi connectivity index (χ4n) is 2.37. The number of fused-ring (bicyclic) bond motifs is 1. The van der Waals surface area contributed by atoms with Crippen molar-refractivity contribution in [2.24, 2.45) is 0 Å². The summed E-state index contributed by atoms with van der Waals surface area (Å²) in [6.07, 6.45) is 0. The van der Waals surface area contributed by atoms with Gasteiger partial charge in [-0.1, -0.05) is 30.3 Å². The molecule has 3 rings (SSSR count). The number of nitrogens with one attached hydrogen (secondary N) is 1. The van der Waals surface area contributed by atoms with Crippen LogP contribution in [0.3, 0.4) is 0 Å². The maximum Gasteiger partial charge on any atom is 0.356 e. The highest BCUT2D eigenvalue weighted by Gasteiger charge is 2.12. The predicted octanol–water partition coefficient (Wildman–Crippen LogP) is 4.07. The lowest BCUT2D eigenvalue weighted by atomic mass is 10.1. The number of hydrogen-bond acceptors (Lipinski definition) is 4. The summed E-state index contributed by atoms with van der Waals surface area (Å²) in [6.45, 7) is 2.04. The SMILES string of the molecule is COC(=O)c1cc(Nc2cccc(C)c2)c2ccccc2n1. The van der Waals surface area contributed by atoms with Crippen LogP contribution in [0.2, 0.25) is 0 Å². The molecule has 110 valence electrons. The molecule has 0 aliphatic carbocycles. The summed E-state index contributed by atoms with van der Waals surface area (Å²) in [7, 11) is 1.35. The zero-order valence-electron chi connectivity index (χ0n) is 12.5. The number of ether oxygens (including phenoxy) is 1. The highest BCUT2D eigenvalue weighted by Crippen LogP contribution is 2.27. The molecule has 0 unspecified atom stereocenters. The molecule has 3 aromatic rings. The van der Waals surface area contributed by atoms with E-state index < -0.39 is 5.97 Å². The van der Waals surface area contributed by atoms with Gasteiger partial charge >= 0.3 is 5.97 Å². The van der Waals surface area contributed by atoms with Gasteiger partial charge in [-0.2, -0.15) is 0 Å². The van der Waals surface area contributed by atoms with E-state index in [4.69, 9.17) is 4.74 Å². The summed E-state index contributed by atoms with van der Waals surface area (Å²) in [5.74, 6) is -0.446. The van der Waals surface area contributed by atoms with Crippen LogP contribution in [0, 0.1) is 6.92 Å². The first-order valence-electron chi connectivity index (χ1n) is 6.99. The van der Waals surface area contributed by atoms with Crippen LogP contribution in [0.4, 0.5) is 11.4 Å². The Bertz CT molecular complexity index is 843. The molecule has 1 aromatic heterocycles. The van der Waals surface area contributed by atoms with Crippen molar-refractivity contribution in [2.75, 3.05) is 12.4 Å².